The van der Waals surface area contributed by atoms with Crippen molar-refractivity contribution in [2.75, 3.05) is 22.1 Å². The lowest BCUT2D eigenvalue weighted by Gasteiger charge is -2.13. The zero-order chi connectivity index (χ0) is 18.5. The number of nitrogens with one attached hydrogen (secondary N) is 2. The summed E-state index contributed by atoms with van der Waals surface area (Å²) < 4.78 is 0. The summed E-state index contributed by atoms with van der Waals surface area (Å²) in [4.78, 5) is 24.9. The first-order valence-corrected chi connectivity index (χ1v) is 7.97. The van der Waals surface area contributed by atoms with Crippen molar-refractivity contribution < 1.29 is 9.59 Å². The van der Waals surface area contributed by atoms with Gasteiger partial charge in [0.1, 0.15) is 0 Å². The molecule has 2 amide bonds. The molecule has 0 atom stereocenters. The Labute approximate surface area is 150 Å². The van der Waals surface area contributed by atoms with Crippen molar-refractivity contribution in [3.8, 4) is 0 Å². The molecule has 6 nitrogen and oxygen atoms in total. The highest BCUT2D eigenvalue weighted by molar-refractivity contribution is 6.12. The van der Waals surface area contributed by atoms with E-state index >= 15 is 0 Å². The molecule has 6 N–H and O–H groups in total. The van der Waals surface area contributed by atoms with Crippen molar-refractivity contribution in [3.05, 3.63) is 83.9 Å². The van der Waals surface area contributed by atoms with Gasteiger partial charge < -0.3 is 22.1 Å². The average molecular weight is 346 g/mol. The zero-order valence-corrected chi connectivity index (χ0v) is 13.9. The van der Waals surface area contributed by atoms with Gasteiger partial charge in [-0.2, -0.15) is 0 Å². The number of hydrogen-bond acceptors (Lipinski definition) is 4. The Balaban J connectivity index is 1.83. The molecule has 3 aromatic rings. The zero-order valence-electron chi connectivity index (χ0n) is 13.9. The Morgan fingerprint density at radius 2 is 0.923 bits per heavy atom. The molecule has 0 aromatic heterocycles. The molecule has 0 bridgehead atoms. The fourth-order valence-corrected chi connectivity index (χ4v) is 2.49. The highest BCUT2D eigenvalue weighted by Gasteiger charge is 2.14. The predicted molar refractivity (Wildman–Crippen MR) is 104 cm³/mol. The van der Waals surface area contributed by atoms with Crippen molar-refractivity contribution in [3.63, 3.8) is 0 Å². The fraction of sp³-hybridized carbons (Fsp3) is 0. The number of para-hydroxylation sites is 4. The Hall–Kier alpha value is -3.80. The number of carbonyl (C=O) groups excluding carboxylic acids is 2. The van der Waals surface area contributed by atoms with Crippen molar-refractivity contribution in [2.45, 2.75) is 0 Å². The Bertz CT molecular complexity index is 891. The van der Waals surface area contributed by atoms with Crippen LogP contribution in [0.15, 0.2) is 72.8 Å². The van der Waals surface area contributed by atoms with Gasteiger partial charge in [0.05, 0.1) is 22.5 Å². The largest absolute Gasteiger partial charge is 0.398 e. The third-order valence-corrected chi connectivity index (χ3v) is 3.83. The number of anilines is 4. The molecule has 0 aliphatic heterocycles. The topological polar surface area (TPSA) is 110 Å². The summed E-state index contributed by atoms with van der Waals surface area (Å²) in [5.41, 5.74) is 14.1. The fourth-order valence-electron chi connectivity index (χ4n) is 2.49. The Morgan fingerprint density at radius 3 is 1.31 bits per heavy atom. The van der Waals surface area contributed by atoms with E-state index in [-0.39, 0.29) is 11.8 Å². The first-order valence-electron chi connectivity index (χ1n) is 7.97. The van der Waals surface area contributed by atoms with Crippen LogP contribution in [-0.2, 0) is 0 Å². The van der Waals surface area contributed by atoms with E-state index in [1.165, 1.54) is 0 Å². The van der Waals surface area contributed by atoms with Gasteiger partial charge in [0, 0.05) is 11.4 Å². The molecule has 0 aliphatic rings. The van der Waals surface area contributed by atoms with Crippen LogP contribution in [-0.4, -0.2) is 11.8 Å². The Kier molecular flexibility index (Phi) is 4.85. The van der Waals surface area contributed by atoms with Crippen LogP contribution < -0.4 is 22.1 Å². The summed E-state index contributed by atoms with van der Waals surface area (Å²) in [5.74, 6) is -0.715. The highest BCUT2D eigenvalue weighted by atomic mass is 16.2. The molecule has 3 rings (SSSR count). The van der Waals surface area contributed by atoms with Gasteiger partial charge >= 0.3 is 0 Å². The quantitative estimate of drug-likeness (QED) is 0.543. The third kappa shape index (κ3) is 3.64. The lowest BCUT2D eigenvalue weighted by atomic mass is 10.1. The van der Waals surface area contributed by atoms with Gasteiger partial charge in [-0.15, -0.1) is 0 Å². The number of nitrogen functional groups attached to an aromatic ring is 2. The van der Waals surface area contributed by atoms with Crippen LogP contribution in [0.2, 0.25) is 0 Å². The molecule has 6 heteroatoms. The Morgan fingerprint density at radius 1 is 0.577 bits per heavy atom. The van der Waals surface area contributed by atoms with E-state index in [1.54, 1.807) is 72.8 Å². The summed E-state index contributed by atoms with van der Waals surface area (Å²) in [6, 6.07) is 20.5. The van der Waals surface area contributed by atoms with Gasteiger partial charge in [-0.1, -0.05) is 36.4 Å². The van der Waals surface area contributed by atoms with Gasteiger partial charge in [-0.3, -0.25) is 9.59 Å². The van der Waals surface area contributed by atoms with Crippen LogP contribution >= 0.6 is 0 Å². The molecule has 0 fully saturated rings. The van der Waals surface area contributed by atoms with Crippen LogP contribution in [0.4, 0.5) is 22.7 Å². The number of carbonyl (C=O) groups is 2. The molecule has 0 saturated carbocycles. The molecular formula is C20H18N4O2. The summed E-state index contributed by atoms with van der Waals surface area (Å²) in [7, 11) is 0. The monoisotopic (exact) mass is 346 g/mol. The molecule has 0 radical (unpaired) electrons. The minimum absolute atomic E-state index is 0.357. The van der Waals surface area contributed by atoms with E-state index in [2.05, 4.69) is 10.6 Å². The number of amides is 2. The lowest BCUT2D eigenvalue weighted by Crippen LogP contribution is -2.18. The van der Waals surface area contributed by atoms with Crippen LogP contribution in [0.3, 0.4) is 0 Å². The van der Waals surface area contributed by atoms with Crippen molar-refractivity contribution in [1.29, 1.82) is 0 Å². The number of nitrogens with two attached hydrogens (primary N) is 2. The van der Waals surface area contributed by atoms with Crippen LogP contribution in [0.25, 0.3) is 0 Å². The van der Waals surface area contributed by atoms with Crippen LogP contribution in [0.5, 0.6) is 0 Å². The lowest BCUT2D eigenvalue weighted by molar-refractivity contribution is 0.101. The molecule has 130 valence electrons. The van der Waals surface area contributed by atoms with E-state index in [1.807, 2.05) is 0 Å². The van der Waals surface area contributed by atoms with Gasteiger partial charge in [0.25, 0.3) is 11.8 Å². The summed E-state index contributed by atoms with van der Waals surface area (Å²) in [6.07, 6.45) is 0. The van der Waals surface area contributed by atoms with E-state index < -0.39 is 0 Å². The van der Waals surface area contributed by atoms with Crippen molar-refractivity contribution in [1.82, 2.24) is 0 Å². The van der Waals surface area contributed by atoms with Crippen LogP contribution in [0.1, 0.15) is 20.7 Å². The first kappa shape index (κ1) is 17.0. The minimum Gasteiger partial charge on any atom is -0.398 e. The van der Waals surface area contributed by atoms with Gasteiger partial charge in [-0.05, 0) is 36.4 Å². The van der Waals surface area contributed by atoms with E-state index in [0.29, 0.717) is 33.9 Å². The second kappa shape index (κ2) is 7.40. The molecule has 0 saturated heterocycles. The number of hydrogen-bond donors (Lipinski definition) is 4. The predicted octanol–water partition coefficient (Wildman–Crippen LogP) is 3.36. The normalized spacial score (nSPS) is 10.2. The van der Waals surface area contributed by atoms with E-state index in [9.17, 15) is 9.59 Å². The number of benzene rings is 3. The van der Waals surface area contributed by atoms with Gasteiger partial charge in [-0.25, -0.2) is 0 Å². The second-order valence-electron chi connectivity index (χ2n) is 5.63. The summed E-state index contributed by atoms with van der Waals surface area (Å²) >= 11 is 0. The second-order valence-corrected chi connectivity index (χ2v) is 5.63. The molecule has 0 spiro atoms. The van der Waals surface area contributed by atoms with Crippen molar-refractivity contribution in [2.24, 2.45) is 0 Å². The third-order valence-electron chi connectivity index (χ3n) is 3.83. The van der Waals surface area contributed by atoms with Crippen LogP contribution in [0, 0.1) is 0 Å². The first-order chi connectivity index (χ1) is 12.6. The molecule has 0 heterocycles. The van der Waals surface area contributed by atoms with Gasteiger partial charge in [0.2, 0.25) is 0 Å². The maximum Gasteiger partial charge on any atom is 0.257 e. The van der Waals surface area contributed by atoms with E-state index in [0.717, 1.165) is 0 Å². The van der Waals surface area contributed by atoms with Gasteiger partial charge in [0.15, 0.2) is 0 Å². The summed E-state index contributed by atoms with van der Waals surface area (Å²) in [5, 5.41) is 5.55. The van der Waals surface area contributed by atoms with E-state index in [4.69, 9.17) is 11.5 Å². The van der Waals surface area contributed by atoms with Crippen molar-refractivity contribution >= 4 is 34.6 Å². The standard InChI is InChI=1S/C20H18N4O2/c21-15-9-3-1-7-13(15)19(25)23-17-11-5-6-12-18(17)24-20(26)14-8-2-4-10-16(14)22/h1-12H,21-22H2,(H,23,25)(H,24,26). The highest BCUT2D eigenvalue weighted by Crippen LogP contribution is 2.24. The summed E-state index contributed by atoms with van der Waals surface area (Å²) in [6.45, 7) is 0. The molecule has 26 heavy (non-hydrogen) atoms. The molecule has 3 aromatic carbocycles. The molecule has 0 aliphatic carbocycles. The maximum atomic E-state index is 12.5. The maximum absolute atomic E-state index is 12.5. The molecule has 0 unspecified atom stereocenters. The molecular weight excluding hydrogens is 328 g/mol. The number of rotatable bonds is 4. The average Bonchev–Trinajstić information content (AvgIpc) is 2.64. The minimum atomic E-state index is -0.357. The SMILES string of the molecule is Nc1ccccc1C(=O)Nc1ccccc1NC(=O)c1ccccc1N. The smallest absolute Gasteiger partial charge is 0.257 e.